The minimum absolute atomic E-state index is 0.243. The second-order valence-corrected chi connectivity index (χ2v) is 2.26. The van der Waals surface area contributed by atoms with Crippen LogP contribution in [0.5, 0.6) is 0 Å². The van der Waals surface area contributed by atoms with Crippen molar-refractivity contribution in [1.82, 2.24) is 20.4 Å². The Morgan fingerprint density at radius 3 is 2.50 bits per heavy atom. The molecule has 0 aliphatic heterocycles. The van der Waals surface area contributed by atoms with Gasteiger partial charge >= 0.3 is 0 Å². The highest BCUT2D eigenvalue weighted by molar-refractivity contribution is 5.93. The molecule has 0 amide bonds. The van der Waals surface area contributed by atoms with Crippen LogP contribution in [0.15, 0.2) is 12.3 Å². The highest BCUT2D eigenvalue weighted by atomic mass is 15.2. The molecule has 2 heterocycles. The summed E-state index contributed by atoms with van der Waals surface area (Å²) < 4.78 is 0. The van der Waals surface area contributed by atoms with Gasteiger partial charge in [-0.05, 0) is 6.07 Å². The fraction of sp³-hybridized carbons (Fsp3) is 0. The van der Waals surface area contributed by atoms with Crippen molar-refractivity contribution in [3.8, 4) is 0 Å². The van der Waals surface area contributed by atoms with E-state index in [2.05, 4.69) is 20.4 Å². The number of fused-ring (bicyclic) bond motifs is 1. The zero-order valence-electron chi connectivity index (χ0n) is 6.10. The average Bonchev–Trinajstić information content (AvgIpc) is 2.12. The molecule has 0 aliphatic rings. The Hall–Kier alpha value is -1.98. The van der Waals surface area contributed by atoms with Crippen LogP contribution >= 0.6 is 0 Å². The van der Waals surface area contributed by atoms with Gasteiger partial charge in [-0.3, -0.25) is 0 Å². The van der Waals surface area contributed by atoms with Crippen LogP contribution in [0.2, 0.25) is 0 Å². The molecule has 0 aliphatic carbocycles. The Morgan fingerprint density at radius 1 is 1.00 bits per heavy atom. The molecule has 0 fully saturated rings. The van der Waals surface area contributed by atoms with Crippen molar-refractivity contribution in [2.24, 2.45) is 0 Å². The summed E-state index contributed by atoms with van der Waals surface area (Å²) >= 11 is 0. The molecule has 0 saturated carbocycles. The van der Waals surface area contributed by atoms with Gasteiger partial charge in [0.15, 0.2) is 11.6 Å². The highest BCUT2D eigenvalue weighted by Crippen LogP contribution is 2.17. The van der Waals surface area contributed by atoms with Gasteiger partial charge in [-0.25, -0.2) is 0 Å². The Morgan fingerprint density at radius 2 is 1.75 bits per heavy atom. The summed E-state index contributed by atoms with van der Waals surface area (Å²) in [6, 6.07) is 1.70. The van der Waals surface area contributed by atoms with E-state index in [9.17, 15) is 0 Å². The van der Waals surface area contributed by atoms with Gasteiger partial charge < -0.3 is 11.5 Å². The van der Waals surface area contributed by atoms with Crippen LogP contribution in [-0.4, -0.2) is 20.4 Å². The molecule has 12 heavy (non-hydrogen) atoms. The summed E-state index contributed by atoms with van der Waals surface area (Å²) in [7, 11) is 0. The van der Waals surface area contributed by atoms with Gasteiger partial charge in [-0.1, -0.05) is 0 Å². The Bertz CT molecular complexity index is 385. The van der Waals surface area contributed by atoms with E-state index in [1.165, 1.54) is 6.20 Å². The summed E-state index contributed by atoms with van der Waals surface area (Å²) in [6.45, 7) is 0. The minimum atomic E-state index is 0.243. The standard InChI is InChI=1S/C6H6N6/c7-5-3-1-2-9-10-4(3)6(8)12-11-5/h1-2H,(H2,7,11)(H2,8,12). The van der Waals surface area contributed by atoms with Crippen LogP contribution < -0.4 is 11.5 Å². The predicted molar refractivity (Wildman–Crippen MR) is 44.0 cm³/mol. The largest absolute Gasteiger partial charge is 0.382 e. The third-order valence-electron chi connectivity index (χ3n) is 1.50. The second kappa shape index (κ2) is 2.26. The first-order valence-electron chi connectivity index (χ1n) is 3.28. The van der Waals surface area contributed by atoms with E-state index in [1.54, 1.807) is 6.07 Å². The molecule has 0 spiro atoms. The number of anilines is 2. The Kier molecular flexibility index (Phi) is 1.26. The minimum Gasteiger partial charge on any atom is -0.382 e. The SMILES string of the molecule is Nc1nnc(N)c2nnccc12. The Labute approximate surface area is 67.6 Å². The fourth-order valence-electron chi connectivity index (χ4n) is 0.937. The van der Waals surface area contributed by atoms with E-state index in [1.807, 2.05) is 0 Å². The first kappa shape index (κ1) is 6.71. The van der Waals surface area contributed by atoms with E-state index >= 15 is 0 Å². The van der Waals surface area contributed by atoms with Crippen molar-refractivity contribution in [2.75, 3.05) is 11.5 Å². The summed E-state index contributed by atoms with van der Waals surface area (Å²) in [5.74, 6) is 0.557. The number of aromatic nitrogens is 4. The van der Waals surface area contributed by atoms with E-state index in [0.717, 1.165) is 0 Å². The lowest BCUT2D eigenvalue weighted by molar-refractivity contribution is 1.03. The third-order valence-corrected chi connectivity index (χ3v) is 1.50. The first-order chi connectivity index (χ1) is 5.79. The summed E-state index contributed by atoms with van der Waals surface area (Å²) in [5, 5.41) is 15.4. The molecule has 0 aromatic carbocycles. The molecule has 60 valence electrons. The van der Waals surface area contributed by atoms with Gasteiger partial charge in [-0.15, -0.1) is 15.3 Å². The van der Waals surface area contributed by atoms with Gasteiger partial charge in [0, 0.05) is 0 Å². The number of hydrogen-bond donors (Lipinski definition) is 2. The molecule has 0 atom stereocenters. The van der Waals surface area contributed by atoms with Crippen molar-refractivity contribution in [3.05, 3.63) is 12.3 Å². The molecule has 0 bridgehead atoms. The normalized spacial score (nSPS) is 10.3. The zero-order chi connectivity index (χ0) is 8.55. The summed E-state index contributed by atoms with van der Waals surface area (Å²) in [5.41, 5.74) is 11.5. The quantitative estimate of drug-likeness (QED) is 0.545. The molecule has 6 nitrogen and oxygen atoms in total. The lowest BCUT2D eigenvalue weighted by atomic mass is 10.3. The number of nitrogen functional groups attached to an aromatic ring is 2. The fourth-order valence-corrected chi connectivity index (χ4v) is 0.937. The first-order valence-corrected chi connectivity index (χ1v) is 3.28. The van der Waals surface area contributed by atoms with Gasteiger partial charge in [0.25, 0.3) is 0 Å². The predicted octanol–water partition coefficient (Wildman–Crippen LogP) is -0.416. The van der Waals surface area contributed by atoms with Gasteiger partial charge in [0.2, 0.25) is 0 Å². The van der Waals surface area contributed by atoms with E-state index in [4.69, 9.17) is 11.5 Å². The number of hydrogen-bond acceptors (Lipinski definition) is 6. The lowest BCUT2D eigenvalue weighted by Gasteiger charge is -1.99. The Balaban J connectivity index is 2.95. The van der Waals surface area contributed by atoms with Crippen LogP contribution in [0, 0.1) is 0 Å². The third kappa shape index (κ3) is 0.815. The molecule has 6 heteroatoms. The van der Waals surface area contributed by atoms with E-state index in [0.29, 0.717) is 16.7 Å². The number of nitrogens with zero attached hydrogens (tertiary/aromatic N) is 4. The molecular formula is C6H6N6. The molecule has 0 radical (unpaired) electrons. The van der Waals surface area contributed by atoms with Crippen molar-refractivity contribution in [1.29, 1.82) is 0 Å². The van der Waals surface area contributed by atoms with Crippen LogP contribution in [0.1, 0.15) is 0 Å². The molecule has 0 saturated heterocycles. The lowest BCUT2D eigenvalue weighted by Crippen LogP contribution is -2.01. The van der Waals surface area contributed by atoms with Crippen molar-refractivity contribution in [3.63, 3.8) is 0 Å². The van der Waals surface area contributed by atoms with Crippen molar-refractivity contribution in [2.45, 2.75) is 0 Å². The van der Waals surface area contributed by atoms with E-state index < -0.39 is 0 Å². The topological polar surface area (TPSA) is 104 Å². The molecular weight excluding hydrogens is 156 g/mol. The summed E-state index contributed by atoms with van der Waals surface area (Å²) in [6.07, 6.45) is 1.53. The molecule has 4 N–H and O–H groups in total. The molecule has 2 aromatic rings. The number of nitrogens with two attached hydrogens (primary N) is 2. The maximum atomic E-state index is 5.53. The van der Waals surface area contributed by atoms with Crippen LogP contribution in [-0.2, 0) is 0 Å². The molecule has 2 aromatic heterocycles. The van der Waals surface area contributed by atoms with E-state index in [-0.39, 0.29) is 5.82 Å². The smallest absolute Gasteiger partial charge is 0.174 e. The van der Waals surface area contributed by atoms with Gasteiger partial charge in [-0.2, -0.15) is 5.10 Å². The molecule has 0 unspecified atom stereocenters. The maximum Gasteiger partial charge on any atom is 0.174 e. The van der Waals surface area contributed by atoms with Gasteiger partial charge in [0.1, 0.15) is 5.52 Å². The van der Waals surface area contributed by atoms with Crippen LogP contribution in [0.25, 0.3) is 10.9 Å². The number of rotatable bonds is 0. The maximum absolute atomic E-state index is 5.53. The van der Waals surface area contributed by atoms with Crippen molar-refractivity contribution < 1.29 is 0 Å². The van der Waals surface area contributed by atoms with Crippen LogP contribution in [0.4, 0.5) is 11.6 Å². The van der Waals surface area contributed by atoms with Gasteiger partial charge in [0.05, 0.1) is 11.6 Å². The molecule has 2 rings (SSSR count). The van der Waals surface area contributed by atoms with Crippen LogP contribution in [0.3, 0.4) is 0 Å². The highest BCUT2D eigenvalue weighted by Gasteiger charge is 2.04. The average molecular weight is 162 g/mol. The zero-order valence-corrected chi connectivity index (χ0v) is 6.10. The second-order valence-electron chi connectivity index (χ2n) is 2.26. The van der Waals surface area contributed by atoms with Crippen molar-refractivity contribution >= 4 is 22.5 Å². The monoisotopic (exact) mass is 162 g/mol. The summed E-state index contributed by atoms with van der Waals surface area (Å²) in [4.78, 5) is 0.